The van der Waals surface area contributed by atoms with E-state index < -0.39 is 5.97 Å². The van der Waals surface area contributed by atoms with Gasteiger partial charge in [-0.1, -0.05) is 54.2 Å². The summed E-state index contributed by atoms with van der Waals surface area (Å²) in [5.41, 5.74) is 11.3. The van der Waals surface area contributed by atoms with Gasteiger partial charge in [0.15, 0.2) is 5.16 Å². The highest BCUT2D eigenvalue weighted by Crippen LogP contribution is 2.40. The molecule has 0 bridgehead atoms. The number of fused-ring (bicyclic) bond motifs is 1. The number of ether oxygens (including phenoxy) is 2. The molecule has 0 amide bonds. The van der Waals surface area contributed by atoms with E-state index in [1.54, 1.807) is 6.92 Å². The Balaban J connectivity index is 1.39. The van der Waals surface area contributed by atoms with E-state index in [0.717, 1.165) is 28.3 Å². The third-order valence-corrected chi connectivity index (χ3v) is 7.59. The lowest BCUT2D eigenvalue weighted by atomic mass is 10.1. The van der Waals surface area contributed by atoms with Crippen molar-refractivity contribution in [1.29, 1.82) is 0 Å². The van der Waals surface area contributed by atoms with Gasteiger partial charge in [-0.05, 0) is 32.2 Å². The zero-order valence-corrected chi connectivity index (χ0v) is 22.9. The number of nitrogens with zero attached hydrogens (tertiary/aromatic N) is 3. The summed E-state index contributed by atoms with van der Waals surface area (Å²) in [6.07, 6.45) is 2.57. The summed E-state index contributed by atoms with van der Waals surface area (Å²) in [5, 5.41) is 1.24. The Morgan fingerprint density at radius 2 is 1.87 bits per heavy atom. The van der Waals surface area contributed by atoms with Crippen molar-refractivity contribution in [2.45, 2.75) is 25.4 Å². The number of hydrogen-bond acceptors (Lipinski definition) is 9. The zero-order chi connectivity index (χ0) is 26.6. The molecule has 2 aromatic carbocycles. The second kappa shape index (κ2) is 11.2. The molecule has 5 aromatic rings. The van der Waals surface area contributed by atoms with Crippen LogP contribution in [0.3, 0.4) is 0 Å². The summed E-state index contributed by atoms with van der Waals surface area (Å²) < 4.78 is 11.3. The van der Waals surface area contributed by atoms with Gasteiger partial charge >= 0.3 is 5.97 Å². The zero-order valence-electron chi connectivity index (χ0n) is 21.3. The summed E-state index contributed by atoms with van der Waals surface area (Å²) in [6.45, 7) is 4.52. The Hall–Kier alpha value is -3.89. The Kier molecular flexibility index (Phi) is 7.62. The van der Waals surface area contributed by atoms with Gasteiger partial charge in [-0.2, -0.15) is 0 Å². The summed E-state index contributed by atoms with van der Waals surface area (Å²) in [6, 6.07) is 17.8. The van der Waals surface area contributed by atoms with Crippen molar-refractivity contribution in [3.05, 3.63) is 70.9 Å². The summed E-state index contributed by atoms with van der Waals surface area (Å²) in [7, 11) is 0. The van der Waals surface area contributed by atoms with E-state index in [0.29, 0.717) is 50.4 Å². The van der Waals surface area contributed by atoms with Crippen LogP contribution < -0.4 is 10.5 Å². The maximum atomic E-state index is 12.5. The number of nitrogens with one attached hydrogen (secondary N) is 1. The predicted octanol–water partition coefficient (Wildman–Crippen LogP) is 6.16. The van der Waals surface area contributed by atoms with Crippen molar-refractivity contribution < 1.29 is 14.3 Å². The molecule has 5 rings (SSSR count). The van der Waals surface area contributed by atoms with Crippen LogP contribution in [0.1, 0.15) is 28.0 Å². The average Bonchev–Trinajstić information content (AvgIpc) is 3.48. The number of anilines is 1. The number of thiophene rings is 1. The summed E-state index contributed by atoms with van der Waals surface area (Å²) in [4.78, 5) is 30.9. The van der Waals surface area contributed by atoms with E-state index in [1.807, 2.05) is 67.8 Å². The van der Waals surface area contributed by atoms with Crippen LogP contribution in [0, 0.1) is 6.92 Å². The van der Waals surface area contributed by atoms with Gasteiger partial charge in [-0.25, -0.2) is 19.7 Å². The molecule has 0 atom stereocenters. The third kappa shape index (κ3) is 5.23. The molecule has 0 fully saturated rings. The molecular weight excluding hydrogens is 518 g/mol. The van der Waals surface area contributed by atoms with Crippen LogP contribution in [0.2, 0.25) is 0 Å². The third-order valence-electron chi connectivity index (χ3n) is 5.96. The first kappa shape index (κ1) is 25.7. The average molecular weight is 546 g/mol. The number of aromatic amines is 1. The number of esters is 1. The minimum atomic E-state index is -0.453. The van der Waals surface area contributed by atoms with Gasteiger partial charge in [-0.3, -0.25) is 0 Å². The lowest BCUT2D eigenvalue weighted by Gasteiger charge is -2.10. The SMILES string of the molecule is CCOC(=O)c1sc2nc(SC)nc(-c3cccc(OCCc4nc(-c5ccccc5)[nH]c4C)c3)c2c1N. The quantitative estimate of drug-likeness (QED) is 0.129. The molecule has 194 valence electrons. The van der Waals surface area contributed by atoms with Gasteiger partial charge in [0.2, 0.25) is 0 Å². The minimum Gasteiger partial charge on any atom is -0.493 e. The first-order valence-corrected chi connectivity index (χ1v) is 14.2. The number of carbonyl (C=O) groups excluding carboxylic acids is 1. The van der Waals surface area contributed by atoms with Crippen LogP contribution in [0.5, 0.6) is 5.75 Å². The molecule has 0 aliphatic heterocycles. The molecule has 0 aliphatic rings. The van der Waals surface area contributed by atoms with Crippen molar-refractivity contribution in [2.24, 2.45) is 0 Å². The van der Waals surface area contributed by atoms with Crippen molar-refractivity contribution in [3.63, 3.8) is 0 Å². The highest BCUT2D eigenvalue weighted by atomic mass is 32.2. The number of rotatable bonds is 9. The maximum Gasteiger partial charge on any atom is 0.350 e. The number of nitrogens with two attached hydrogens (primary N) is 1. The smallest absolute Gasteiger partial charge is 0.350 e. The molecule has 0 saturated heterocycles. The largest absolute Gasteiger partial charge is 0.493 e. The van der Waals surface area contributed by atoms with Gasteiger partial charge in [0, 0.05) is 23.2 Å². The maximum absolute atomic E-state index is 12.5. The van der Waals surface area contributed by atoms with Crippen LogP contribution in [0.25, 0.3) is 32.9 Å². The molecule has 3 N–H and O–H groups in total. The first-order chi connectivity index (χ1) is 18.5. The standard InChI is InChI=1S/C28H27N5O3S2/c1-4-35-27(34)24-22(29)21-23(32-28(37-3)33-26(21)38-24)18-11-8-12-19(15-18)36-14-13-20-16(2)30-25(31-20)17-9-6-5-7-10-17/h5-12,15H,4,13-14,29H2,1-3H3,(H,30,31). The fraction of sp³-hybridized carbons (Fsp3) is 0.214. The number of imidazole rings is 1. The number of benzene rings is 2. The van der Waals surface area contributed by atoms with E-state index in [9.17, 15) is 4.79 Å². The molecule has 0 unspecified atom stereocenters. The van der Waals surface area contributed by atoms with Crippen molar-refractivity contribution in [3.8, 4) is 28.4 Å². The topological polar surface area (TPSA) is 116 Å². The van der Waals surface area contributed by atoms with Gasteiger partial charge in [0.05, 0.1) is 35.7 Å². The molecule has 10 heteroatoms. The number of thioether (sulfide) groups is 1. The first-order valence-electron chi connectivity index (χ1n) is 12.1. The molecule has 3 aromatic heterocycles. The van der Waals surface area contributed by atoms with Crippen LogP contribution in [-0.2, 0) is 11.2 Å². The van der Waals surface area contributed by atoms with Crippen LogP contribution in [-0.4, -0.2) is 45.4 Å². The van der Waals surface area contributed by atoms with Crippen LogP contribution in [0.4, 0.5) is 5.69 Å². The number of aryl methyl sites for hydroxylation is 1. The van der Waals surface area contributed by atoms with E-state index in [4.69, 9.17) is 25.2 Å². The van der Waals surface area contributed by atoms with Crippen molar-refractivity contribution in [1.82, 2.24) is 19.9 Å². The molecular formula is C28H27N5O3S2. The van der Waals surface area contributed by atoms with Gasteiger partial charge < -0.3 is 20.2 Å². The lowest BCUT2D eigenvalue weighted by Crippen LogP contribution is -2.05. The second-order valence-corrected chi connectivity index (χ2v) is 10.2. The van der Waals surface area contributed by atoms with E-state index >= 15 is 0 Å². The molecule has 3 heterocycles. The molecule has 8 nitrogen and oxygen atoms in total. The molecule has 0 saturated carbocycles. The fourth-order valence-electron chi connectivity index (χ4n) is 4.12. The highest BCUT2D eigenvalue weighted by molar-refractivity contribution is 7.98. The molecule has 38 heavy (non-hydrogen) atoms. The molecule has 0 radical (unpaired) electrons. The van der Waals surface area contributed by atoms with Gasteiger partial charge in [0.25, 0.3) is 0 Å². The lowest BCUT2D eigenvalue weighted by molar-refractivity contribution is 0.0533. The number of aromatic nitrogens is 4. The highest BCUT2D eigenvalue weighted by Gasteiger charge is 2.23. The minimum absolute atomic E-state index is 0.270. The van der Waals surface area contributed by atoms with Crippen molar-refractivity contribution >= 4 is 45.0 Å². The number of H-pyrrole nitrogens is 1. The Bertz CT molecular complexity index is 1600. The predicted molar refractivity (Wildman–Crippen MR) is 153 cm³/mol. The normalized spacial score (nSPS) is 11.1. The van der Waals surface area contributed by atoms with Crippen LogP contribution >= 0.6 is 23.1 Å². The van der Waals surface area contributed by atoms with Gasteiger partial charge in [-0.15, -0.1) is 11.3 Å². The van der Waals surface area contributed by atoms with E-state index in [-0.39, 0.29) is 6.61 Å². The number of hydrogen-bond donors (Lipinski definition) is 2. The van der Waals surface area contributed by atoms with Gasteiger partial charge in [0.1, 0.15) is 21.3 Å². The van der Waals surface area contributed by atoms with Crippen LogP contribution in [0.15, 0.2) is 59.8 Å². The van der Waals surface area contributed by atoms with E-state index in [1.165, 1.54) is 23.1 Å². The Labute approximate surface area is 228 Å². The molecule has 0 aliphatic carbocycles. The summed E-state index contributed by atoms with van der Waals surface area (Å²) in [5.74, 6) is 1.11. The Morgan fingerprint density at radius 3 is 2.63 bits per heavy atom. The molecule has 0 spiro atoms. The van der Waals surface area contributed by atoms with Crippen molar-refractivity contribution in [2.75, 3.05) is 25.2 Å². The second-order valence-electron chi connectivity index (χ2n) is 8.45. The number of nitrogen functional groups attached to an aromatic ring is 1. The number of carbonyl (C=O) groups is 1. The fourth-order valence-corrected chi connectivity index (χ4v) is 5.53. The van der Waals surface area contributed by atoms with E-state index in [2.05, 4.69) is 9.97 Å². The monoisotopic (exact) mass is 545 g/mol. The summed E-state index contributed by atoms with van der Waals surface area (Å²) >= 11 is 2.65. The Morgan fingerprint density at radius 1 is 1.08 bits per heavy atom.